The Hall–Kier alpha value is -2.90. The molecule has 0 bridgehead atoms. The van der Waals surface area contributed by atoms with Crippen LogP contribution >= 0.6 is 0 Å². The van der Waals surface area contributed by atoms with E-state index in [4.69, 9.17) is 4.74 Å². The molecule has 232 valence electrons. The van der Waals surface area contributed by atoms with Crippen molar-refractivity contribution in [2.45, 2.75) is 71.1 Å². The molecule has 2 aromatic carbocycles. The maximum Gasteiger partial charge on any atom is 0.416 e. The Balaban J connectivity index is 0.000000193. The highest BCUT2D eigenvalue weighted by molar-refractivity contribution is 5.61. The smallest absolute Gasteiger partial charge is 0.381 e. The molecule has 1 unspecified atom stereocenters. The van der Waals surface area contributed by atoms with Crippen molar-refractivity contribution < 1.29 is 31.1 Å². The second-order valence-corrected chi connectivity index (χ2v) is 11.1. The molecule has 5 rings (SSSR count). The van der Waals surface area contributed by atoms with E-state index in [2.05, 4.69) is 52.0 Å². The molecule has 1 saturated heterocycles. The third-order valence-corrected chi connectivity index (χ3v) is 7.54. The molecule has 1 fully saturated rings. The Labute approximate surface area is 242 Å². The van der Waals surface area contributed by atoms with Gasteiger partial charge in [-0.3, -0.25) is 5.32 Å². The van der Waals surface area contributed by atoms with Crippen LogP contribution in [0.25, 0.3) is 0 Å². The van der Waals surface area contributed by atoms with Gasteiger partial charge in [-0.2, -0.15) is 31.8 Å². The van der Waals surface area contributed by atoms with Gasteiger partial charge in [0.2, 0.25) is 0 Å². The molecule has 0 radical (unpaired) electrons. The second-order valence-electron chi connectivity index (χ2n) is 11.1. The molecule has 0 saturated carbocycles. The first-order chi connectivity index (χ1) is 19.8. The minimum absolute atomic E-state index is 0.0881. The van der Waals surface area contributed by atoms with Crippen molar-refractivity contribution in [1.82, 2.24) is 15.9 Å². The fourth-order valence-electron chi connectivity index (χ4n) is 5.62. The summed E-state index contributed by atoms with van der Waals surface area (Å²) in [6.07, 6.45) is -4.05. The molecule has 7 nitrogen and oxygen atoms in total. The van der Waals surface area contributed by atoms with Crippen LogP contribution in [0.2, 0.25) is 0 Å². The summed E-state index contributed by atoms with van der Waals surface area (Å²) in [6, 6.07) is 6.17. The van der Waals surface area contributed by atoms with Gasteiger partial charge in [-0.25, -0.2) is 5.12 Å². The number of rotatable bonds is 5. The predicted octanol–water partition coefficient (Wildman–Crippen LogP) is 6.79. The van der Waals surface area contributed by atoms with E-state index in [1.165, 1.54) is 68.5 Å². The maximum atomic E-state index is 12.7. The first-order valence-corrected chi connectivity index (χ1v) is 14.1. The van der Waals surface area contributed by atoms with Gasteiger partial charge in [0.05, 0.1) is 11.1 Å². The monoisotopic (exact) mass is 600 g/mol. The van der Waals surface area contributed by atoms with Crippen molar-refractivity contribution in [3.63, 3.8) is 0 Å². The zero-order valence-corrected chi connectivity index (χ0v) is 24.1. The quantitative estimate of drug-likeness (QED) is 0.370. The van der Waals surface area contributed by atoms with E-state index in [-0.39, 0.29) is 18.2 Å². The summed E-state index contributed by atoms with van der Waals surface area (Å²) in [5, 5.41) is 11.1. The van der Waals surface area contributed by atoms with Crippen LogP contribution in [-0.4, -0.2) is 44.8 Å². The first-order valence-electron chi connectivity index (χ1n) is 14.1. The number of hydrazine groups is 1. The predicted molar refractivity (Wildman–Crippen MR) is 147 cm³/mol. The number of anilines is 1. The third kappa shape index (κ3) is 8.81. The molecule has 2 N–H and O–H groups in total. The van der Waals surface area contributed by atoms with Gasteiger partial charge in [0, 0.05) is 45.6 Å². The molecule has 0 aromatic heterocycles. The van der Waals surface area contributed by atoms with Gasteiger partial charge in [0.25, 0.3) is 0 Å². The number of halogens is 6. The molecule has 3 aliphatic rings. The summed E-state index contributed by atoms with van der Waals surface area (Å²) in [4.78, 5) is 2.67. The number of benzene rings is 2. The van der Waals surface area contributed by atoms with E-state index in [0.29, 0.717) is 12.1 Å². The summed E-state index contributed by atoms with van der Waals surface area (Å²) in [5.41, 5.74) is 5.80. The van der Waals surface area contributed by atoms with Crippen LogP contribution in [0.1, 0.15) is 59.1 Å². The SMILES string of the molecule is CN1N=NC(NCc2cc(C(F)(F)F)cc(C(F)(F)F)c2)N1.Cc1cc(C)c2c(c1)CCCCN2CC1CCOCC1. The van der Waals surface area contributed by atoms with Crippen LogP contribution in [0.5, 0.6) is 0 Å². The van der Waals surface area contributed by atoms with Gasteiger partial charge >= 0.3 is 12.4 Å². The average Bonchev–Trinajstić information content (AvgIpc) is 3.23. The molecule has 0 aliphatic carbocycles. The Morgan fingerprint density at radius 2 is 1.62 bits per heavy atom. The van der Waals surface area contributed by atoms with E-state index in [9.17, 15) is 26.3 Å². The van der Waals surface area contributed by atoms with E-state index < -0.39 is 29.8 Å². The standard InChI is InChI=1S/C18H27NO.C11H11F6N5/c1-14-11-15(2)18-17(12-14)5-3-4-8-19(18)13-16-6-9-20-10-7-16;1-22-20-9(19-21-22)18-5-6-2-7(10(12,13)14)4-8(3-6)11(15,16)17/h11-12,16H,3-10,13H2,1-2H3;2-4,9,18,20H,5H2,1H3. The lowest BCUT2D eigenvalue weighted by Crippen LogP contribution is -2.41. The molecule has 3 aliphatic heterocycles. The fraction of sp³-hybridized carbons (Fsp3) is 0.586. The van der Waals surface area contributed by atoms with E-state index in [1.54, 1.807) is 11.3 Å². The first kappa shape index (κ1) is 32.0. The average molecular weight is 601 g/mol. The molecule has 3 heterocycles. The van der Waals surface area contributed by atoms with Crippen LogP contribution in [0.15, 0.2) is 40.7 Å². The number of nitrogens with one attached hydrogen (secondary N) is 2. The lowest BCUT2D eigenvalue weighted by Gasteiger charge is -2.32. The number of fused-ring (bicyclic) bond motifs is 1. The Kier molecular flexibility index (Phi) is 10.4. The Bertz CT molecular complexity index is 1200. The number of hydrogen-bond donors (Lipinski definition) is 2. The van der Waals surface area contributed by atoms with Crippen LogP contribution in [0.4, 0.5) is 32.0 Å². The topological polar surface area (TPSA) is 64.5 Å². The molecule has 42 heavy (non-hydrogen) atoms. The highest BCUT2D eigenvalue weighted by Crippen LogP contribution is 2.36. The Morgan fingerprint density at radius 3 is 2.21 bits per heavy atom. The van der Waals surface area contributed by atoms with Gasteiger partial charge < -0.3 is 9.64 Å². The molecule has 2 aromatic rings. The van der Waals surface area contributed by atoms with Crippen molar-refractivity contribution in [2.24, 2.45) is 16.3 Å². The number of alkyl halides is 6. The Morgan fingerprint density at radius 1 is 0.952 bits per heavy atom. The largest absolute Gasteiger partial charge is 0.416 e. The molecule has 13 heteroatoms. The van der Waals surface area contributed by atoms with E-state index in [0.717, 1.165) is 19.1 Å². The number of aryl methyl sites for hydroxylation is 3. The molecular formula is C29H38F6N6O. The zero-order valence-electron chi connectivity index (χ0n) is 24.1. The van der Waals surface area contributed by atoms with E-state index in [1.807, 2.05) is 0 Å². The van der Waals surface area contributed by atoms with Crippen LogP contribution < -0.4 is 15.6 Å². The van der Waals surface area contributed by atoms with Crippen LogP contribution in [0, 0.1) is 19.8 Å². The summed E-state index contributed by atoms with van der Waals surface area (Å²) < 4.78 is 81.6. The zero-order chi connectivity index (χ0) is 30.5. The van der Waals surface area contributed by atoms with Gasteiger partial charge in [-0.05, 0) is 86.8 Å². The summed E-state index contributed by atoms with van der Waals surface area (Å²) in [5.74, 6) is 0.815. The van der Waals surface area contributed by atoms with Gasteiger partial charge in [0.1, 0.15) is 0 Å². The highest BCUT2D eigenvalue weighted by atomic mass is 19.4. The van der Waals surface area contributed by atoms with Crippen LogP contribution in [-0.2, 0) is 30.1 Å². The molecular weight excluding hydrogens is 562 g/mol. The highest BCUT2D eigenvalue weighted by Gasteiger charge is 2.37. The lowest BCUT2D eigenvalue weighted by atomic mass is 9.97. The van der Waals surface area contributed by atoms with Crippen molar-refractivity contribution in [2.75, 3.05) is 38.3 Å². The van der Waals surface area contributed by atoms with E-state index >= 15 is 0 Å². The lowest BCUT2D eigenvalue weighted by molar-refractivity contribution is -0.143. The summed E-state index contributed by atoms with van der Waals surface area (Å²) >= 11 is 0. The maximum absolute atomic E-state index is 12.7. The minimum atomic E-state index is -4.86. The van der Waals surface area contributed by atoms with Crippen molar-refractivity contribution in [1.29, 1.82) is 0 Å². The fourth-order valence-corrected chi connectivity index (χ4v) is 5.62. The molecule has 1 atom stereocenters. The summed E-state index contributed by atoms with van der Waals surface area (Å²) in [7, 11) is 1.54. The van der Waals surface area contributed by atoms with Gasteiger partial charge in [-0.1, -0.05) is 22.9 Å². The normalized spacial score (nSPS) is 19.8. The van der Waals surface area contributed by atoms with Gasteiger partial charge in [0.15, 0.2) is 6.29 Å². The second kappa shape index (κ2) is 13.6. The van der Waals surface area contributed by atoms with Crippen molar-refractivity contribution in [3.05, 3.63) is 63.7 Å². The number of ether oxygens (including phenoxy) is 1. The van der Waals surface area contributed by atoms with Crippen molar-refractivity contribution in [3.8, 4) is 0 Å². The molecule has 0 spiro atoms. The number of nitrogens with zero attached hydrogens (tertiary/aromatic N) is 4. The molecule has 0 amide bonds. The van der Waals surface area contributed by atoms with Crippen LogP contribution in [0.3, 0.4) is 0 Å². The van der Waals surface area contributed by atoms with Crippen molar-refractivity contribution >= 4 is 5.69 Å². The minimum Gasteiger partial charge on any atom is -0.381 e. The number of hydrogen-bond acceptors (Lipinski definition) is 7. The van der Waals surface area contributed by atoms with Gasteiger partial charge in [-0.15, -0.1) is 5.11 Å². The summed E-state index contributed by atoms with van der Waals surface area (Å²) in [6.45, 7) is 8.64. The third-order valence-electron chi connectivity index (χ3n) is 7.54.